The van der Waals surface area contributed by atoms with Crippen molar-refractivity contribution in [3.8, 4) is 0 Å². The second kappa shape index (κ2) is 1.98. The number of rotatable bonds is 0. The molecule has 1 N–H and O–H groups in total. The molecule has 2 atom stereocenters. The summed E-state index contributed by atoms with van der Waals surface area (Å²) in [7, 11) is 0. The summed E-state index contributed by atoms with van der Waals surface area (Å²) in [4.78, 5) is 0. The molecule has 0 aliphatic carbocycles. The molecule has 0 saturated heterocycles. The van der Waals surface area contributed by atoms with Crippen LogP contribution in [0.2, 0.25) is 0 Å². The van der Waals surface area contributed by atoms with E-state index in [4.69, 9.17) is 0 Å². The molecule has 40 valence electrons. The Morgan fingerprint density at radius 1 is 1.86 bits per heavy atom. The molecule has 0 aromatic carbocycles. The predicted molar refractivity (Wildman–Crippen MR) is 38.9 cm³/mol. The van der Waals surface area contributed by atoms with Crippen molar-refractivity contribution < 1.29 is 0 Å². The summed E-state index contributed by atoms with van der Waals surface area (Å²) in [5.41, 5.74) is 2.93. The van der Waals surface area contributed by atoms with Gasteiger partial charge in [-0.1, -0.05) is 22.6 Å². The van der Waals surface area contributed by atoms with Crippen molar-refractivity contribution in [2.24, 2.45) is 5.10 Å². The van der Waals surface area contributed by atoms with Crippen molar-refractivity contribution >= 4 is 28.8 Å². The van der Waals surface area contributed by atoms with Crippen LogP contribution in [-0.2, 0) is 0 Å². The van der Waals surface area contributed by atoms with Crippen LogP contribution in [0.15, 0.2) is 5.10 Å². The number of nitrogens with one attached hydrogen (secondary N) is 1. The third-order valence-corrected chi connectivity index (χ3v) is 2.37. The monoisotopic (exact) mass is 210 g/mol. The molecule has 0 aromatic heterocycles. The van der Waals surface area contributed by atoms with Gasteiger partial charge in [0.15, 0.2) is 0 Å². The fourth-order valence-electron chi connectivity index (χ4n) is 0.432. The van der Waals surface area contributed by atoms with Crippen LogP contribution in [0.5, 0.6) is 0 Å². The van der Waals surface area contributed by atoms with Crippen LogP contribution in [0.3, 0.4) is 0 Å². The highest BCUT2D eigenvalue weighted by molar-refractivity contribution is 14.1. The average molecular weight is 210 g/mol. The molecule has 1 rings (SSSR count). The van der Waals surface area contributed by atoms with Crippen molar-refractivity contribution in [3.05, 3.63) is 0 Å². The van der Waals surface area contributed by atoms with Gasteiger partial charge in [-0.2, -0.15) is 5.10 Å². The lowest BCUT2D eigenvalue weighted by molar-refractivity contribution is 0.651. The molecule has 0 fully saturated rings. The second-order valence-electron chi connectivity index (χ2n) is 1.64. The molecule has 1 aliphatic rings. The number of alkyl halides is 1. The highest BCUT2D eigenvalue weighted by atomic mass is 127. The Morgan fingerprint density at radius 3 is 2.71 bits per heavy atom. The maximum absolute atomic E-state index is 3.86. The standard InChI is InChI=1S/C4H7IN2/c1-3-4(5)2-6-7-3/h2-4,7H,1H3. The van der Waals surface area contributed by atoms with Gasteiger partial charge in [0.1, 0.15) is 0 Å². The fraction of sp³-hybridized carbons (Fsp3) is 0.750. The lowest BCUT2D eigenvalue weighted by Gasteiger charge is -2.02. The van der Waals surface area contributed by atoms with Crippen LogP contribution in [0, 0.1) is 0 Å². The van der Waals surface area contributed by atoms with Crippen LogP contribution in [0.25, 0.3) is 0 Å². The first kappa shape index (κ1) is 5.34. The van der Waals surface area contributed by atoms with Crippen molar-refractivity contribution in [2.45, 2.75) is 16.9 Å². The van der Waals surface area contributed by atoms with Gasteiger partial charge in [-0.15, -0.1) is 0 Å². The van der Waals surface area contributed by atoms with E-state index in [9.17, 15) is 0 Å². The number of halogens is 1. The summed E-state index contributed by atoms with van der Waals surface area (Å²) < 4.78 is 0.581. The van der Waals surface area contributed by atoms with Gasteiger partial charge < -0.3 is 5.43 Å². The minimum absolute atomic E-state index is 0.528. The summed E-state index contributed by atoms with van der Waals surface area (Å²) >= 11 is 2.35. The first-order valence-corrected chi connectivity index (χ1v) is 3.48. The van der Waals surface area contributed by atoms with E-state index < -0.39 is 0 Å². The molecule has 0 spiro atoms. The van der Waals surface area contributed by atoms with Crippen LogP contribution in [0.4, 0.5) is 0 Å². The minimum atomic E-state index is 0.528. The molecule has 0 bridgehead atoms. The van der Waals surface area contributed by atoms with E-state index in [0.29, 0.717) is 9.97 Å². The molecular formula is C4H7IN2. The number of hydrogen-bond donors (Lipinski definition) is 1. The minimum Gasteiger partial charge on any atom is -0.306 e. The van der Waals surface area contributed by atoms with Gasteiger partial charge >= 0.3 is 0 Å². The highest BCUT2D eigenvalue weighted by Crippen LogP contribution is 2.06. The Kier molecular flexibility index (Phi) is 1.51. The maximum atomic E-state index is 3.86. The molecule has 1 heterocycles. The smallest absolute Gasteiger partial charge is 0.0695 e. The third kappa shape index (κ3) is 1.05. The Bertz CT molecular complexity index is 91.7. The van der Waals surface area contributed by atoms with E-state index in [-0.39, 0.29) is 0 Å². The second-order valence-corrected chi connectivity index (χ2v) is 3.08. The molecule has 7 heavy (non-hydrogen) atoms. The Morgan fingerprint density at radius 2 is 2.57 bits per heavy atom. The van der Waals surface area contributed by atoms with E-state index in [1.165, 1.54) is 0 Å². The zero-order valence-electron chi connectivity index (χ0n) is 4.06. The summed E-state index contributed by atoms with van der Waals surface area (Å²) in [5.74, 6) is 0. The summed E-state index contributed by atoms with van der Waals surface area (Å²) in [6.07, 6.45) is 1.92. The van der Waals surface area contributed by atoms with E-state index in [1.54, 1.807) is 0 Å². The zero-order chi connectivity index (χ0) is 5.28. The largest absolute Gasteiger partial charge is 0.306 e. The van der Waals surface area contributed by atoms with Crippen molar-refractivity contribution in [1.29, 1.82) is 0 Å². The molecular weight excluding hydrogens is 203 g/mol. The maximum Gasteiger partial charge on any atom is 0.0695 e. The van der Waals surface area contributed by atoms with Crippen molar-refractivity contribution in [1.82, 2.24) is 5.43 Å². The normalized spacial score (nSPS) is 38.6. The van der Waals surface area contributed by atoms with E-state index in [0.717, 1.165) is 0 Å². The summed E-state index contributed by atoms with van der Waals surface area (Å²) in [6, 6.07) is 0.528. The quantitative estimate of drug-likeness (QED) is 0.463. The van der Waals surface area contributed by atoms with Gasteiger partial charge in [-0.3, -0.25) is 0 Å². The Balaban J connectivity index is 2.45. The van der Waals surface area contributed by atoms with Crippen LogP contribution in [-0.4, -0.2) is 16.2 Å². The summed E-state index contributed by atoms with van der Waals surface area (Å²) in [5, 5.41) is 3.86. The van der Waals surface area contributed by atoms with Gasteiger partial charge in [0, 0.05) is 6.21 Å². The van der Waals surface area contributed by atoms with Crippen LogP contribution >= 0.6 is 22.6 Å². The lowest BCUT2D eigenvalue weighted by atomic mass is 10.3. The van der Waals surface area contributed by atoms with Gasteiger partial charge in [-0.25, -0.2) is 0 Å². The zero-order valence-corrected chi connectivity index (χ0v) is 6.21. The first-order chi connectivity index (χ1) is 3.30. The summed E-state index contributed by atoms with van der Waals surface area (Å²) in [6.45, 7) is 2.12. The molecule has 0 amide bonds. The molecule has 3 heteroatoms. The fourth-order valence-corrected chi connectivity index (χ4v) is 0.754. The van der Waals surface area contributed by atoms with Gasteiger partial charge in [0.05, 0.1) is 9.97 Å². The van der Waals surface area contributed by atoms with Gasteiger partial charge in [0.25, 0.3) is 0 Å². The van der Waals surface area contributed by atoms with Crippen molar-refractivity contribution in [3.63, 3.8) is 0 Å². The topological polar surface area (TPSA) is 24.4 Å². The number of hydrazone groups is 1. The molecule has 2 nitrogen and oxygen atoms in total. The van der Waals surface area contributed by atoms with Gasteiger partial charge in [-0.05, 0) is 6.92 Å². The van der Waals surface area contributed by atoms with Gasteiger partial charge in [0.2, 0.25) is 0 Å². The molecule has 0 saturated carbocycles. The predicted octanol–water partition coefficient (Wildman–Crippen LogP) is 0.768. The van der Waals surface area contributed by atoms with Crippen LogP contribution < -0.4 is 5.43 Å². The van der Waals surface area contributed by atoms with Crippen LogP contribution in [0.1, 0.15) is 6.92 Å². The number of nitrogens with zero attached hydrogens (tertiary/aromatic N) is 1. The molecule has 0 radical (unpaired) electrons. The third-order valence-electron chi connectivity index (χ3n) is 0.973. The van der Waals surface area contributed by atoms with E-state index in [2.05, 4.69) is 40.0 Å². The molecule has 1 aliphatic heterocycles. The highest BCUT2D eigenvalue weighted by Gasteiger charge is 2.13. The van der Waals surface area contributed by atoms with E-state index in [1.807, 2.05) is 6.21 Å². The van der Waals surface area contributed by atoms with Crippen molar-refractivity contribution in [2.75, 3.05) is 0 Å². The van der Waals surface area contributed by atoms with E-state index >= 15 is 0 Å². The number of hydrogen-bond acceptors (Lipinski definition) is 2. The lowest BCUT2D eigenvalue weighted by Crippen LogP contribution is -2.22. The first-order valence-electron chi connectivity index (χ1n) is 2.23. The molecule has 0 aromatic rings. The Labute approximate surface area is 56.5 Å². The SMILES string of the molecule is CC1NN=CC1I. The Hall–Kier alpha value is 0.200. The average Bonchev–Trinajstić information content (AvgIpc) is 1.91. The molecule has 2 unspecified atom stereocenters.